The first-order chi connectivity index (χ1) is 12.3. The zero-order valence-electron chi connectivity index (χ0n) is 13.5. The number of benzene rings is 3. The second-order valence-corrected chi connectivity index (χ2v) is 6.41. The highest BCUT2D eigenvalue weighted by Crippen LogP contribution is 2.27. The van der Waals surface area contributed by atoms with Crippen molar-refractivity contribution in [2.24, 2.45) is 5.16 Å². The van der Waals surface area contributed by atoms with Gasteiger partial charge in [-0.2, -0.15) is 5.26 Å². The molecule has 3 nitrogen and oxygen atoms in total. The first-order valence-corrected chi connectivity index (χ1v) is 8.63. The number of rotatable bonds is 6. The van der Waals surface area contributed by atoms with Gasteiger partial charge in [-0.3, -0.25) is 0 Å². The maximum atomic E-state index is 9.04. The lowest BCUT2D eigenvalue weighted by Crippen LogP contribution is -1.92. The summed E-state index contributed by atoms with van der Waals surface area (Å²) in [6.07, 6.45) is 1.67. The topological polar surface area (TPSA) is 45.4 Å². The Labute approximate surface area is 151 Å². The summed E-state index contributed by atoms with van der Waals surface area (Å²) in [7, 11) is 0. The Morgan fingerprint density at radius 3 is 2.32 bits per heavy atom. The predicted octanol–water partition coefficient (Wildman–Crippen LogP) is 5.26. The van der Waals surface area contributed by atoms with Gasteiger partial charge in [0, 0.05) is 15.4 Å². The highest BCUT2D eigenvalue weighted by atomic mass is 32.2. The Balaban J connectivity index is 1.54. The molecule has 0 unspecified atom stereocenters. The molecule has 0 spiro atoms. The first-order valence-electron chi connectivity index (χ1n) is 7.81. The fourth-order valence-electron chi connectivity index (χ4n) is 2.21. The normalized spacial score (nSPS) is 10.5. The number of oxime groups is 1. The van der Waals surface area contributed by atoms with Crippen LogP contribution in [0.3, 0.4) is 0 Å². The van der Waals surface area contributed by atoms with Crippen molar-refractivity contribution in [3.05, 3.63) is 95.6 Å². The highest BCUT2D eigenvalue weighted by molar-refractivity contribution is 7.99. The van der Waals surface area contributed by atoms with Crippen LogP contribution < -0.4 is 0 Å². The molecule has 122 valence electrons. The van der Waals surface area contributed by atoms with Crippen molar-refractivity contribution in [3.8, 4) is 6.07 Å². The largest absolute Gasteiger partial charge is 0.391 e. The van der Waals surface area contributed by atoms with Crippen molar-refractivity contribution in [3.63, 3.8) is 0 Å². The van der Waals surface area contributed by atoms with E-state index in [9.17, 15) is 0 Å². The van der Waals surface area contributed by atoms with Crippen molar-refractivity contribution >= 4 is 18.0 Å². The van der Waals surface area contributed by atoms with E-state index in [1.165, 1.54) is 9.79 Å². The lowest BCUT2D eigenvalue weighted by atomic mass is 10.1. The third kappa shape index (κ3) is 4.97. The molecule has 0 radical (unpaired) electrons. The minimum Gasteiger partial charge on any atom is -0.391 e. The molecule has 0 bridgehead atoms. The Kier molecular flexibility index (Phi) is 5.86. The Morgan fingerprint density at radius 1 is 0.880 bits per heavy atom. The van der Waals surface area contributed by atoms with Crippen molar-refractivity contribution in [2.45, 2.75) is 16.4 Å². The van der Waals surface area contributed by atoms with Gasteiger partial charge < -0.3 is 4.84 Å². The summed E-state index contributed by atoms with van der Waals surface area (Å²) in [6, 6.07) is 27.9. The Morgan fingerprint density at radius 2 is 1.56 bits per heavy atom. The zero-order chi connectivity index (χ0) is 17.3. The van der Waals surface area contributed by atoms with Crippen LogP contribution >= 0.6 is 11.8 Å². The fourth-order valence-corrected chi connectivity index (χ4v) is 3.04. The Hall–Kier alpha value is -3.03. The summed E-state index contributed by atoms with van der Waals surface area (Å²) in [6.45, 7) is 0.280. The van der Waals surface area contributed by atoms with E-state index in [4.69, 9.17) is 10.1 Å². The molecule has 3 aromatic carbocycles. The molecule has 0 aliphatic carbocycles. The van der Waals surface area contributed by atoms with E-state index in [0.29, 0.717) is 5.56 Å². The maximum Gasteiger partial charge on any atom is 0.143 e. The monoisotopic (exact) mass is 344 g/mol. The SMILES string of the molecule is N#Cc1ccccc1CO/N=C\c1ccc(Sc2ccccc2)cc1. The van der Waals surface area contributed by atoms with Crippen LogP contribution in [-0.4, -0.2) is 6.21 Å². The van der Waals surface area contributed by atoms with Crippen LogP contribution in [-0.2, 0) is 11.4 Å². The summed E-state index contributed by atoms with van der Waals surface area (Å²) in [5.41, 5.74) is 2.41. The summed E-state index contributed by atoms with van der Waals surface area (Å²) in [5, 5.41) is 13.0. The lowest BCUT2D eigenvalue weighted by Gasteiger charge is -2.03. The van der Waals surface area contributed by atoms with Gasteiger partial charge in [0.2, 0.25) is 0 Å². The van der Waals surface area contributed by atoms with E-state index in [-0.39, 0.29) is 6.61 Å². The molecule has 25 heavy (non-hydrogen) atoms. The van der Waals surface area contributed by atoms with Gasteiger partial charge in [-0.15, -0.1) is 0 Å². The minimum atomic E-state index is 0.280. The molecular weight excluding hydrogens is 328 g/mol. The van der Waals surface area contributed by atoms with E-state index in [1.807, 2.05) is 48.5 Å². The molecule has 0 fully saturated rings. The highest BCUT2D eigenvalue weighted by Gasteiger charge is 2.00. The Bertz CT molecular complexity index is 884. The fraction of sp³-hybridized carbons (Fsp3) is 0.0476. The molecule has 3 aromatic rings. The summed E-state index contributed by atoms with van der Waals surface area (Å²) in [4.78, 5) is 7.69. The van der Waals surface area contributed by atoms with Gasteiger partial charge in [-0.05, 0) is 35.9 Å². The van der Waals surface area contributed by atoms with Crippen molar-refractivity contribution in [1.82, 2.24) is 0 Å². The summed E-state index contributed by atoms with van der Waals surface area (Å²) in [5.74, 6) is 0. The van der Waals surface area contributed by atoms with Crippen LogP contribution in [0.15, 0.2) is 93.8 Å². The van der Waals surface area contributed by atoms with E-state index in [1.54, 1.807) is 24.0 Å². The molecule has 0 aliphatic heterocycles. The molecule has 0 amide bonds. The van der Waals surface area contributed by atoms with Crippen LogP contribution in [0.5, 0.6) is 0 Å². The molecule has 0 saturated carbocycles. The molecule has 0 N–H and O–H groups in total. The zero-order valence-corrected chi connectivity index (χ0v) is 14.3. The van der Waals surface area contributed by atoms with Gasteiger partial charge in [0.25, 0.3) is 0 Å². The van der Waals surface area contributed by atoms with Crippen LogP contribution in [0.4, 0.5) is 0 Å². The third-order valence-electron chi connectivity index (χ3n) is 3.49. The predicted molar refractivity (Wildman–Crippen MR) is 101 cm³/mol. The molecule has 0 heterocycles. The van der Waals surface area contributed by atoms with Crippen LogP contribution in [0.2, 0.25) is 0 Å². The maximum absolute atomic E-state index is 9.04. The second-order valence-electron chi connectivity index (χ2n) is 5.26. The minimum absolute atomic E-state index is 0.280. The summed E-state index contributed by atoms with van der Waals surface area (Å²) >= 11 is 1.72. The number of nitrogens with zero attached hydrogens (tertiary/aromatic N) is 2. The van der Waals surface area contributed by atoms with Crippen LogP contribution in [0.1, 0.15) is 16.7 Å². The van der Waals surface area contributed by atoms with E-state index in [0.717, 1.165) is 11.1 Å². The summed E-state index contributed by atoms with van der Waals surface area (Å²) < 4.78 is 0. The average molecular weight is 344 g/mol. The smallest absolute Gasteiger partial charge is 0.143 e. The van der Waals surface area contributed by atoms with Gasteiger partial charge in [0.1, 0.15) is 6.61 Å². The van der Waals surface area contributed by atoms with E-state index < -0.39 is 0 Å². The van der Waals surface area contributed by atoms with Gasteiger partial charge in [-0.25, -0.2) is 0 Å². The molecule has 0 aromatic heterocycles. The standard InChI is InChI=1S/C21H16N2OS/c22-14-18-6-4-5-7-19(18)16-24-23-15-17-10-12-21(13-11-17)25-20-8-2-1-3-9-20/h1-13,15H,16H2/b23-15-. The van der Waals surface area contributed by atoms with Crippen molar-refractivity contribution in [1.29, 1.82) is 5.26 Å². The number of nitriles is 1. The van der Waals surface area contributed by atoms with Gasteiger partial charge in [-0.1, -0.05) is 65.4 Å². The first kappa shape index (κ1) is 16.8. The second kappa shape index (κ2) is 8.72. The number of hydrogen-bond acceptors (Lipinski definition) is 4. The lowest BCUT2D eigenvalue weighted by molar-refractivity contribution is 0.132. The number of hydrogen-bond donors (Lipinski definition) is 0. The molecule has 0 saturated heterocycles. The van der Waals surface area contributed by atoms with E-state index >= 15 is 0 Å². The van der Waals surface area contributed by atoms with Gasteiger partial charge >= 0.3 is 0 Å². The van der Waals surface area contributed by atoms with Crippen LogP contribution in [0.25, 0.3) is 0 Å². The quantitative estimate of drug-likeness (QED) is 0.452. The van der Waals surface area contributed by atoms with Gasteiger partial charge in [0.15, 0.2) is 0 Å². The molecular formula is C21H16N2OS. The third-order valence-corrected chi connectivity index (χ3v) is 4.51. The van der Waals surface area contributed by atoms with E-state index in [2.05, 4.69) is 35.5 Å². The molecule has 0 aliphatic rings. The van der Waals surface area contributed by atoms with Crippen LogP contribution in [0, 0.1) is 11.3 Å². The molecule has 3 rings (SSSR count). The molecule has 0 atom stereocenters. The van der Waals surface area contributed by atoms with Crippen molar-refractivity contribution in [2.75, 3.05) is 0 Å². The average Bonchev–Trinajstić information content (AvgIpc) is 2.67. The van der Waals surface area contributed by atoms with Gasteiger partial charge in [0.05, 0.1) is 17.8 Å². The van der Waals surface area contributed by atoms with Crippen molar-refractivity contribution < 1.29 is 4.84 Å². The molecule has 4 heteroatoms.